The minimum Gasteiger partial charge on any atom is -0.395 e. The second kappa shape index (κ2) is 5.47. The lowest BCUT2D eigenvalue weighted by Gasteiger charge is -2.25. The van der Waals surface area contributed by atoms with Gasteiger partial charge in [-0.2, -0.15) is 5.26 Å². The van der Waals surface area contributed by atoms with Crippen LogP contribution in [0.25, 0.3) is 0 Å². The van der Waals surface area contributed by atoms with Crippen molar-refractivity contribution in [1.29, 1.82) is 5.26 Å². The van der Waals surface area contributed by atoms with Gasteiger partial charge in [-0.05, 0) is 37.1 Å². The van der Waals surface area contributed by atoms with E-state index in [2.05, 4.69) is 11.8 Å². The molecule has 1 N–H and O–H groups in total. The second-order valence-electron chi connectivity index (χ2n) is 4.90. The Morgan fingerprint density at radius 3 is 3.00 bits per heavy atom. The summed E-state index contributed by atoms with van der Waals surface area (Å²) in [5.41, 5.74) is 1.00. The lowest BCUT2D eigenvalue weighted by molar-refractivity contribution is 0.133. The molecule has 1 aromatic carbocycles. The number of aliphatic hydroxyl groups excluding tert-OH is 1. The van der Waals surface area contributed by atoms with Crippen LogP contribution in [-0.4, -0.2) is 29.2 Å². The maximum absolute atomic E-state index is 13.7. The molecule has 1 aromatic rings. The van der Waals surface area contributed by atoms with Crippen molar-refractivity contribution in [1.82, 2.24) is 4.90 Å². The van der Waals surface area contributed by atoms with Gasteiger partial charge in [0.2, 0.25) is 0 Å². The third kappa shape index (κ3) is 2.53. The first-order chi connectivity index (χ1) is 8.65. The molecule has 96 valence electrons. The summed E-state index contributed by atoms with van der Waals surface area (Å²) in [5, 5.41) is 18.2. The summed E-state index contributed by atoms with van der Waals surface area (Å²) in [6.07, 6.45) is 1.02. The number of nitriles is 1. The van der Waals surface area contributed by atoms with Gasteiger partial charge in [0.15, 0.2) is 0 Å². The molecule has 3 nitrogen and oxygen atoms in total. The van der Waals surface area contributed by atoms with Gasteiger partial charge in [-0.15, -0.1) is 0 Å². The lowest BCUT2D eigenvalue weighted by Crippen LogP contribution is -2.34. The molecule has 1 fully saturated rings. The Morgan fingerprint density at radius 2 is 2.33 bits per heavy atom. The fourth-order valence-corrected chi connectivity index (χ4v) is 2.56. The molecule has 2 unspecified atom stereocenters. The van der Waals surface area contributed by atoms with E-state index in [4.69, 9.17) is 5.26 Å². The van der Waals surface area contributed by atoms with Crippen LogP contribution in [0.15, 0.2) is 18.2 Å². The summed E-state index contributed by atoms with van der Waals surface area (Å²) < 4.78 is 13.7. The van der Waals surface area contributed by atoms with Gasteiger partial charge >= 0.3 is 0 Å². The van der Waals surface area contributed by atoms with Crippen LogP contribution in [0.2, 0.25) is 0 Å². The molecular weight excluding hydrogens is 231 g/mol. The number of likely N-dealkylation sites (tertiary alicyclic amines) is 1. The zero-order valence-corrected chi connectivity index (χ0v) is 10.4. The minimum absolute atomic E-state index is 0.0927. The molecule has 0 amide bonds. The standard InChI is InChI=1S/C14H17FN2O/c1-10-4-5-17(14(10)9-18)8-12-6-11(7-16)2-3-13(12)15/h2-3,6,10,14,18H,4-5,8-9H2,1H3. The van der Waals surface area contributed by atoms with E-state index in [1.54, 1.807) is 6.07 Å². The quantitative estimate of drug-likeness (QED) is 0.888. The molecule has 1 heterocycles. The highest BCUT2D eigenvalue weighted by molar-refractivity contribution is 5.33. The van der Waals surface area contributed by atoms with Crippen molar-refractivity contribution < 1.29 is 9.50 Å². The van der Waals surface area contributed by atoms with Crippen molar-refractivity contribution in [2.75, 3.05) is 13.2 Å². The Morgan fingerprint density at radius 1 is 1.56 bits per heavy atom. The maximum atomic E-state index is 13.7. The van der Waals surface area contributed by atoms with Gasteiger partial charge in [0, 0.05) is 18.2 Å². The smallest absolute Gasteiger partial charge is 0.127 e. The van der Waals surface area contributed by atoms with Gasteiger partial charge in [0.05, 0.1) is 18.2 Å². The predicted molar refractivity (Wildman–Crippen MR) is 66.2 cm³/mol. The largest absolute Gasteiger partial charge is 0.395 e. The second-order valence-corrected chi connectivity index (χ2v) is 4.90. The Balaban J connectivity index is 2.17. The van der Waals surface area contributed by atoms with Gasteiger partial charge in [-0.25, -0.2) is 4.39 Å². The first-order valence-electron chi connectivity index (χ1n) is 6.19. The van der Waals surface area contributed by atoms with Gasteiger partial charge in [-0.1, -0.05) is 6.92 Å². The first kappa shape index (κ1) is 13.0. The summed E-state index contributed by atoms with van der Waals surface area (Å²) in [4.78, 5) is 2.09. The van der Waals surface area contributed by atoms with Gasteiger partial charge < -0.3 is 5.11 Å². The van der Waals surface area contributed by atoms with Gasteiger partial charge in [-0.3, -0.25) is 4.90 Å². The van der Waals surface area contributed by atoms with E-state index in [9.17, 15) is 9.50 Å². The summed E-state index contributed by atoms with van der Waals surface area (Å²) >= 11 is 0. The van der Waals surface area contributed by atoms with E-state index in [1.165, 1.54) is 12.1 Å². The number of hydrogen-bond acceptors (Lipinski definition) is 3. The van der Waals surface area contributed by atoms with E-state index in [0.29, 0.717) is 23.6 Å². The first-order valence-corrected chi connectivity index (χ1v) is 6.19. The van der Waals surface area contributed by atoms with Gasteiger partial charge in [0.25, 0.3) is 0 Å². The molecule has 4 heteroatoms. The number of aliphatic hydroxyl groups is 1. The molecule has 2 rings (SSSR count). The van der Waals surface area contributed by atoms with Crippen LogP contribution in [0, 0.1) is 23.1 Å². The highest BCUT2D eigenvalue weighted by atomic mass is 19.1. The van der Waals surface area contributed by atoms with E-state index in [-0.39, 0.29) is 18.5 Å². The number of halogens is 1. The van der Waals surface area contributed by atoms with Crippen LogP contribution in [0.1, 0.15) is 24.5 Å². The lowest BCUT2D eigenvalue weighted by atomic mass is 10.0. The molecule has 18 heavy (non-hydrogen) atoms. The molecule has 0 aliphatic carbocycles. The third-order valence-electron chi connectivity index (χ3n) is 3.73. The average molecular weight is 248 g/mol. The molecule has 0 spiro atoms. The van der Waals surface area contributed by atoms with Crippen molar-refractivity contribution >= 4 is 0 Å². The van der Waals surface area contributed by atoms with Crippen LogP contribution < -0.4 is 0 Å². The van der Waals surface area contributed by atoms with Crippen molar-refractivity contribution in [2.45, 2.75) is 25.9 Å². The summed E-state index contributed by atoms with van der Waals surface area (Å²) in [6.45, 7) is 3.52. The van der Waals surface area contributed by atoms with E-state index >= 15 is 0 Å². The van der Waals surface area contributed by atoms with Gasteiger partial charge in [0.1, 0.15) is 5.82 Å². The van der Waals surface area contributed by atoms with E-state index in [0.717, 1.165) is 13.0 Å². The zero-order valence-electron chi connectivity index (χ0n) is 10.4. The monoisotopic (exact) mass is 248 g/mol. The van der Waals surface area contributed by atoms with Crippen LogP contribution >= 0.6 is 0 Å². The minimum atomic E-state index is -0.287. The fraction of sp³-hybridized carbons (Fsp3) is 0.500. The van der Waals surface area contributed by atoms with Crippen LogP contribution in [0.4, 0.5) is 4.39 Å². The Labute approximate surface area is 106 Å². The topological polar surface area (TPSA) is 47.3 Å². The maximum Gasteiger partial charge on any atom is 0.127 e. The predicted octanol–water partition coefficient (Wildman–Crippen LogP) is 1.90. The summed E-state index contributed by atoms with van der Waals surface area (Å²) in [6, 6.07) is 6.52. The Kier molecular flexibility index (Phi) is 3.95. The molecule has 0 radical (unpaired) electrons. The van der Waals surface area contributed by atoms with Crippen molar-refractivity contribution in [3.8, 4) is 6.07 Å². The van der Waals surface area contributed by atoms with Crippen molar-refractivity contribution in [3.63, 3.8) is 0 Å². The van der Waals surface area contributed by atoms with Crippen molar-refractivity contribution in [2.24, 2.45) is 5.92 Å². The molecular formula is C14H17FN2O. The SMILES string of the molecule is CC1CCN(Cc2cc(C#N)ccc2F)C1CO. The molecule has 0 saturated carbocycles. The average Bonchev–Trinajstić information content (AvgIpc) is 2.72. The Hall–Kier alpha value is -1.44. The number of nitrogens with zero attached hydrogens (tertiary/aromatic N) is 2. The highest BCUT2D eigenvalue weighted by Gasteiger charge is 2.30. The number of hydrogen-bond donors (Lipinski definition) is 1. The fourth-order valence-electron chi connectivity index (χ4n) is 2.56. The van der Waals surface area contributed by atoms with Crippen LogP contribution in [0.5, 0.6) is 0 Å². The van der Waals surface area contributed by atoms with Crippen molar-refractivity contribution in [3.05, 3.63) is 35.1 Å². The Bertz CT molecular complexity index is 469. The number of benzene rings is 1. The molecule has 1 saturated heterocycles. The normalized spacial score (nSPS) is 24.1. The third-order valence-corrected chi connectivity index (χ3v) is 3.73. The molecule has 1 aliphatic rings. The van der Waals surface area contributed by atoms with Crippen LogP contribution in [0.3, 0.4) is 0 Å². The zero-order chi connectivity index (χ0) is 13.1. The van der Waals surface area contributed by atoms with E-state index < -0.39 is 0 Å². The molecule has 0 aromatic heterocycles. The molecule has 1 aliphatic heterocycles. The van der Waals surface area contributed by atoms with E-state index in [1.807, 2.05) is 6.07 Å². The van der Waals surface area contributed by atoms with Crippen LogP contribution in [-0.2, 0) is 6.54 Å². The molecule has 0 bridgehead atoms. The number of rotatable bonds is 3. The summed E-state index contributed by atoms with van der Waals surface area (Å²) in [7, 11) is 0. The highest BCUT2D eigenvalue weighted by Crippen LogP contribution is 2.26. The summed E-state index contributed by atoms with van der Waals surface area (Å²) in [5.74, 6) is 0.141. The molecule has 2 atom stereocenters.